The molecule has 1 aliphatic heterocycles. The van der Waals surface area contributed by atoms with Crippen LogP contribution in [0.5, 0.6) is 0 Å². The zero-order valence-corrected chi connectivity index (χ0v) is 15.7. The van der Waals surface area contributed by atoms with Crippen LogP contribution in [0.25, 0.3) is 0 Å². The molecule has 2 atom stereocenters. The van der Waals surface area contributed by atoms with Gasteiger partial charge in [-0.15, -0.1) is 0 Å². The molecule has 2 aromatic rings. The Morgan fingerprint density at radius 3 is 2.36 bits per heavy atom. The highest BCUT2D eigenvalue weighted by Crippen LogP contribution is 2.24. The summed E-state index contributed by atoms with van der Waals surface area (Å²) in [5.74, 6) is -0.775. The van der Waals surface area contributed by atoms with Gasteiger partial charge in [0.1, 0.15) is 6.04 Å². The molecule has 1 aliphatic rings. The van der Waals surface area contributed by atoms with Crippen molar-refractivity contribution in [3.63, 3.8) is 0 Å². The van der Waals surface area contributed by atoms with Crippen LogP contribution in [0.2, 0.25) is 0 Å². The van der Waals surface area contributed by atoms with Crippen molar-refractivity contribution in [2.24, 2.45) is 0 Å². The Labute approximate surface area is 162 Å². The van der Waals surface area contributed by atoms with E-state index in [4.69, 9.17) is 0 Å². The van der Waals surface area contributed by atoms with Gasteiger partial charge in [0.2, 0.25) is 5.91 Å². The Bertz CT molecular complexity index is 894. The molecule has 0 aliphatic carbocycles. The SMILES string of the molecule is COC(=O)c1ccc([C@H](C)NC(=O)[C@H]2Cc3ccccc3CN2C(=O)O)cc1. The van der Waals surface area contributed by atoms with E-state index < -0.39 is 18.1 Å². The van der Waals surface area contributed by atoms with Crippen LogP contribution in [0.4, 0.5) is 4.79 Å². The first-order chi connectivity index (χ1) is 13.4. The number of nitrogens with zero attached hydrogens (tertiary/aromatic N) is 1. The molecule has 0 bridgehead atoms. The summed E-state index contributed by atoms with van der Waals surface area (Å²) in [6, 6.07) is 13.2. The molecule has 0 saturated carbocycles. The molecule has 28 heavy (non-hydrogen) atoms. The van der Waals surface area contributed by atoms with Gasteiger partial charge in [-0.1, -0.05) is 36.4 Å². The number of methoxy groups -OCH3 is 1. The average molecular weight is 382 g/mol. The molecular weight excluding hydrogens is 360 g/mol. The molecule has 1 heterocycles. The third kappa shape index (κ3) is 3.98. The Morgan fingerprint density at radius 1 is 1.11 bits per heavy atom. The Hall–Kier alpha value is -3.35. The van der Waals surface area contributed by atoms with Gasteiger partial charge in [-0.2, -0.15) is 0 Å². The smallest absolute Gasteiger partial charge is 0.408 e. The van der Waals surface area contributed by atoms with E-state index in [0.717, 1.165) is 16.7 Å². The van der Waals surface area contributed by atoms with Gasteiger partial charge < -0.3 is 15.2 Å². The molecule has 2 aromatic carbocycles. The minimum absolute atomic E-state index is 0.186. The molecule has 2 N–H and O–H groups in total. The predicted molar refractivity (Wildman–Crippen MR) is 102 cm³/mol. The number of amides is 2. The number of hydrogen-bond donors (Lipinski definition) is 2. The van der Waals surface area contributed by atoms with Crippen LogP contribution in [0.15, 0.2) is 48.5 Å². The van der Waals surface area contributed by atoms with E-state index >= 15 is 0 Å². The largest absolute Gasteiger partial charge is 0.465 e. The van der Waals surface area contributed by atoms with E-state index in [-0.39, 0.29) is 18.5 Å². The highest BCUT2D eigenvalue weighted by atomic mass is 16.5. The summed E-state index contributed by atoms with van der Waals surface area (Å²) in [5, 5.41) is 12.4. The second-order valence-electron chi connectivity index (χ2n) is 6.74. The summed E-state index contributed by atoms with van der Waals surface area (Å²) >= 11 is 0. The molecule has 0 spiro atoms. The lowest BCUT2D eigenvalue weighted by molar-refractivity contribution is -0.127. The summed E-state index contributed by atoms with van der Waals surface area (Å²) in [4.78, 5) is 37.2. The van der Waals surface area contributed by atoms with Crippen LogP contribution in [0.1, 0.15) is 40.0 Å². The van der Waals surface area contributed by atoms with Crippen molar-refractivity contribution >= 4 is 18.0 Å². The van der Waals surface area contributed by atoms with Gasteiger partial charge >= 0.3 is 12.1 Å². The molecule has 3 rings (SSSR count). The maximum atomic E-state index is 12.8. The quantitative estimate of drug-likeness (QED) is 0.793. The second kappa shape index (κ2) is 8.12. The van der Waals surface area contributed by atoms with Gasteiger partial charge in [-0.3, -0.25) is 9.69 Å². The fourth-order valence-electron chi connectivity index (χ4n) is 3.38. The van der Waals surface area contributed by atoms with E-state index in [9.17, 15) is 19.5 Å². The number of carbonyl (C=O) groups is 3. The lowest BCUT2D eigenvalue weighted by Crippen LogP contribution is -2.52. The summed E-state index contributed by atoms with van der Waals surface area (Å²) < 4.78 is 4.67. The molecule has 0 radical (unpaired) electrons. The number of esters is 1. The predicted octanol–water partition coefficient (Wildman–Crippen LogP) is 2.76. The normalized spacial score (nSPS) is 16.6. The summed E-state index contributed by atoms with van der Waals surface area (Å²) in [6.07, 6.45) is -0.785. The van der Waals surface area contributed by atoms with Gasteiger partial charge in [0.25, 0.3) is 0 Å². The number of rotatable bonds is 4. The van der Waals surface area contributed by atoms with Crippen LogP contribution in [0.3, 0.4) is 0 Å². The Morgan fingerprint density at radius 2 is 1.75 bits per heavy atom. The van der Waals surface area contributed by atoms with Crippen LogP contribution in [-0.2, 0) is 22.5 Å². The van der Waals surface area contributed by atoms with Gasteiger partial charge in [-0.05, 0) is 35.7 Å². The molecular formula is C21H22N2O5. The van der Waals surface area contributed by atoms with Crippen LogP contribution in [0, 0.1) is 0 Å². The Balaban J connectivity index is 1.73. The minimum atomic E-state index is -1.12. The van der Waals surface area contributed by atoms with Crippen molar-refractivity contribution in [3.8, 4) is 0 Å². The minimum Gasteiger partial charge on any atom is -0.465 e. The first kappa shape index (κ1) is 19.4. The number of benzene rings is 2. The first-order valence-corrected chi connectivity index (χ1v) is 8.95. The van der Waals surface area contributed by atoms with Crippen molar-refractivity contribution in [1.29, 1.82) is 0 Å². The molecule has 7 heteroatoms. The van der Waals surface area contributed by atoms with Crippen molar-refractivity contribution in [1.82, 2.24) is 10.2 Å². The van der Waals surface area contributed by atoms with Crippen molar-refractivity contribution < 1.29 is 24.2 Å². The van der Waals surface area contributed by atoms with Gasteiger partial charge in [0.05, 0.1) is 25.3 Å². The summed E-state index contributed by atoms with van der Waals surface area (Å²) in [6.45, 7) is 2.00. The van der Waals surface area contributed by atoms with Crippen LogP contribution < -0.4 is 5.32 Å². The number of nitrogens with one attached hydrogen (secondary N) is 1. The lowest BCUT2D eigenvalue weighted by Gasteiger charge is -2.34. The van der Waals surface area contributed by atoms with Crippen molar-refractivity contribution in [2.45, 2.75) is 32.0 Å². The average Bonchev–Trinajstić information content (AvgIpc) is 2.72. The third-order valence-electron chi connectivity index (χ3n) is 4.99. The van der Waals surface area contributed by atoms with Gasteiger partial charge in [0, 0.05) is 6.42 Å². The fraction of sp³-hybridized carbons (Fsp3) is 0.286. The maximum absolute atomic E-state index is 12.8. The standard InChI is InChI=1S/C21H22N2O5/c1-13(14-7-9-15(10-8-14)20(25)28-2)22-19(24)18-11-16-5-3-4-6-17(16)12-23(18)21(26)27/h3-10,13,18H,11-12H2,1-2H3,(H,22,24)(H,26,27)/t13-,18+/m0/s1. The molecule has 7 nitrogen and oxygen atoms in total. The molecule has 0 saturated heterocycles. The highest BCUT2D eigenvalue weighted by Gasteiger charge is 2.35. The number of carbonyl (C=O) groups excluding carboxylic acids is 2. The Kier molecular flexibility index (Phi) is 5.63. The first-order valence-electron chi connectivity index (χ1n) is 8.95. The van der Waals surface area contributed by atoms with Gasteiger partial charge in [-0.25, -0.2) is 9.59 Å². The molecule has 0 aromatic heterocycles. The lowest BCUT2D eigenvalue weighted by atomic mass is 9.93. The molecule has 146 valence electrons. The third-order valence-corrected chi connectivity index (χ3v) is 4.99. The van der Waals surface area contributed by atoms with Gasteiger partial charge in [0.15, 0.2) is 0 Å². The second-order valence-corrected chi connectivity index (χ2v) is 6.74. The summed E-state index contributed by atoms with van der Waals surface area (Å²) in [7, 11) is 1.32. The number of ether oxygens (including phenoxy) is 1. The van der Waals surface area contributed by atoms with Crippen LogP contribution in [-0.4, -0.2) is 41.1 Å². The van der Waals surface area contributed by atoms with Crippen molar-refractivity contribution in [2.75, 3.05) is 7.11 Å². The molecule has 2 amide bonds. The number of fused-ring (bicyclic) bond motifs is 1. The van der Waals surface area contributed by atoms with E-state index in [0.29, 0.717) is 12.0 Å². The van der Waals surface area contributed by atoms with Crippen molar-refractivity contribution in [3.05, 3.63) is 70.8 Å². The zero-order valence-electron chi connectivity index (χ0n) is 15.7. The molecule has 0 fully saturated rings. The van der Waals surface area contributed by atoms with E-state index in [2.05, 4.69) is 10.1 Å². The van der Waals surface area contributed by atoms with E-state index in [1.165, 1.54) is 12.0 Å². The number of carboxylic acid groups (broad SMARTS) is 1. The van der Waals surface area contributed by atoms with E-state index in [1.54, 1.807) is 24.3 Å². The maximum Gasteiger partial charge on any atom is 0.408 e. The van der Waals surface area contributed by atoms with Crippen LogP contribution >= 0.6 is 0 Å². The highest BCUT2D eigenvalue weighted by molar-refractivity contribution is 5.89. The monoisotopic (exact) mass is 382 g/mol. The summed E-state index contributed by atoms with van der Waals surface area (Å²) in [5.41, 5.74) is 3.13. The molecule has 0 unspecified atom stereocenters. The topological polar surface area (TPSA) is 95.9 Å². The van der Waals surface area contributed by atoms with E-state index in [1.807, 2.05) is 31.2 Å². The zero-order chi connectivity index (χ0) is 20.3. The fourth-order valence-corrected chi connectivity index (χ4v) is 3.38. The number of hydrogen-bond acceptors (Lipinski definition) is 4.